The molecule has 0 bridgehead atoms. The van der Waals surface area contributed by atoms with Gasteiger partial charge in [0.05, 0.1) is 23.8 Å². The Bertz CT molecular complexity index is 1310. The van der Waals surface area contributed by atoms with E-state index in [0.717, 1.165) is 49.0 Å². The van der Waals surface area contributed by atoms with E-state index in [1.165, 1.54) is 10.7 Å². The average Bonchev–Trinajstić information content (AvgIpc) is 3.45. The SMILES string of the molecule is CN1CCC(CNc2ncc3c(-c4ccn5ncc(C(=O)NCC(F)F)c5c4)c[nH]c3n2)CC1. The van der Waals surface area contributed by atoms with Crippen molar-refractivity contribution >= 4 is 28.4 Å². The number of amides is 1. The number of pyridine rings is 1. The van der Waals surface area contributed by atoms with Crippen molar-refractivity contribution in [1.82, 2.24) is 34.8 Å². The van der Waals surface area contributed by atoms with Crippen LogP contribution in [0.15, 0.2) is 36.9 Å². The molecule has 5 heterocycles. The highest BCUT2D eigenvalue weighted by Crippen LogP contribution is 2.29. The van der Waals surface area contributed by atoms with Crippen LogP contribution in [0.2, 0.25) is 0 Å². The normalized spacial score (nSPS) is 15.4. The fourth-order valence-corrected chi connectivity index (χ4v) is 4.32. The lowest BCUT2D eigenvalue weighted by Crippen LogP contribution is -2.33. The number of fused-ring (bicyclic) bond motifs is 2. The molecule has 1 fully saturated rings. The van der Waals surface area contributed by atoms with Crippen LogP contribution in [0, 0.1) is 5.92 Å². The Labute approximate surface area is 194 Å². The zero-order chi connectivity index (χ0) is 23.7. The molecule has 1 aliphatic heterocycles. The number of hydrogen-bond donors (Lipinski definition) is 3. The maximum absolute atomic E-state index is 12.5. The molecule has 4 aromatic heterocycles. The summed E-state index contributed by atoms with van der Waals surface area (Å²) in [6.45, 7) is 2.37. The number of nitrogens with one attached hydrogen (secondary N) is 3. The highest BCUT2D eigenvalue weighted by molar-refractivity contribution is 6.02. The molecular formula is C23H26F2N8O. The summed E-state index contributed by atoms with van der Waals surface area (Å²) in [5.41, 5.74) is 3.17. The van der Waals surface area contributed by atoms with Gasteiger partial charge in [-0.2, -0.15) is 10.1 Å². The number of carbonyl (C=O) groups is 1. The first-order valence-electron chi connectivity index (χ1n) is 11.3. The molecule has 0 atom stereocenters. The van der Waals surface area contributed by atoms with Crippen LogP contribution in [0.4, 0.5) is 14.7 Å². The Morgan fingerprint density at radius 2 is 2.12 bits per heavy atom. The van der Waals surface area contributed by atoms with E-state index in [1.54, 1.807) is 18.5 Å². The third-order valence-corrected chi connectivity index (χ3v) is 6.31. The van der Waals surface area contributed by atoms with E-state index in [-0.39, 0.29) is 5.56 Å². The van der Waals surface area contributed by atoms with Crippen molar-refractivity contribution in [2.75, 3.05) is 38.5 Å². The standard InChI is InChI=1S/C23H26F2N8O/c1-32-5-2-14(3-6-32)9-28-23-29-11-17-16(10-26-21(17)31-23)15-4-7-33-19(8-15)18(12-30-33)22(34)27-13-20(24)25/h4,7-8,10-12,14,20H,2-3,5-6,9,13H2,1H3,(H,27,34)(H2,26,28,29,31). The Morgan fingerprint density at radius 3 is 2.91 bits per heavy atom. The van der Waals surface area contributed by atoms with Gasteiger partial charge in [0, 0.05) is 36.1 Å². The number of H-pyrrole nitrogens is 1. The van der Waals surface area contributed by atoms with Crippen LogP contribution in [0.25, 0.3) is 27.7 Å². The summed E-state index contributed by atoms with van der Waals surface area (Å²) in [6.07, 6.45) is 6.44. The lowest BCUT2D eigenvalue weighted by molar-refractivity contribution is 0.0893. The van der Waals surface area contributed by atoms with Crippen molar-refractivity contribution < 1.29 is 13.6 Å². The van der Waals surface area contributed by atoms with Gasteiger partial charge < -0.3 is 20.5 Å². The molecule has 0 aromatic carbocycles. The van der Waals surface area contributed by atoms with Gasteiger partial charge in [0.1, 0.15) is 5.65 Å². The third-order valence-electron chi connectivity index (χ3n) is 6.31. The van der Waals surface area contributed by atoms with E-state index >= 15 is 0 Å². The molecule has 0 radical (unpaired) electrons. The number of nitrogens with zero attached hydrogens (tertiary/aromatic N) is 5. The average molecular weight is 469 g/mol. The number of hydrogen-bond acceptors (Lipinski definition) is 6. The Morgan fingerprint density at radius 1 is 1.29 bits per heavy atom. The second-order valence-electron chi connectivity index (χ2n) is 8.69. The van der Waals surface area contributed by atoms with Crippen LogP contribution < -0.4 is 10.6 Å². The van der Waals surface area contributed by atoms with Crippen LogP contribution in [0.3, 0.4) is 0 Å². The van der Waals surface area contributed by atoms with Gasteiger partial charge in [-0.05, 0) is 56.6 Å². The van der Waals surface area contributed by atoms with Gasteiger partial charge in [-0.15, -0.1) is 0 Å². The first kappa shape index (κ1) is 22.2. The van der Waals surface area contributed by atoms with Crippen molar-refractivity contribution in [1.29, 1.82) is 0 Å². The molecule has 4 aromatic rings. The van der Waals surface area contributed by atoms with Gasteiger partial charge in [-0.1, -0.05) is 0 Å². The van der Waals surface area contributed by atoms with E-state index in [2.05, 4.69) is 42.6 Å². The second-order valence-corrected chi connectivity index (χ2v) is 8.69. The molecular weight excluding hydrogens is 442 g/mol. The molecule has 1 aliphatic rings. The molecule has 11 heteroatoms. The molecule has 0 aliphatic carbocycles. The monoisotopic (exact) mass is 468 g/mol. The molecule has 178 valence electrons. The van der Waals surface area contributed by atoms with Gasteiger partial charge in [0.15, 0.2) is 0 Å². The molecule has 0 saturated carbocycles. The van der Waals surface area contributed by atoms with E-state index in [0.29, 0.717) is 23.0 Å². The summed E-state index contributed by atoms with van der Waals surface area (Å²) in [7, 11) is 2.15. The largest absolute Gasteiger partial charge is 0.354 e. The number of aromatic nitrogens is 5. The summed E-state index contributed by atoms with van der Waals surface area (Å²) in [6, 6.07) is 3.68. The van der Waals surface area contributed by atoms with Gasteiger partial charge in [0.25, 0.3) is 12.3 Å². The van der Waals surface area contributed by atoms with Crippen molar-refractivity contribution in [2.24, 2.45) is 5.92 Å². The Hall–Kier alpha value is -3.60. The number of alkyl halides is 2. The topological polar surface area (TPSA) is 103 Å². The lowest BCUT2D eigenvalue weighted by atomic mass is 9.97. The highest BCUT2D eigenvalue weighted by atomic mass is 19.3. The van der Waals surface area contributed by atoms with Gasteiger partial charge in [-0.3, -0.25) is 4.79 Å². The van der Waals surface area contributed by atoms with Crippen LogP contribution in [0.1, 0.15) is 23.2 Å². The smallest absolute Gasteiger partial charge is 0.255 e. The molecule has 1 saturated heterocycles. The predicted molar refractivity (Wildman–Crippen MR) is 125 cm³/mol. The van der Waals surface area contributed by atoms with Crippen molar-refractivity contribution in [3.05, 3.63) is 42.5 Å². The fraction of sp³-hybridized carbons (Fsp3) is 0.391. The summed E-state index contributed by atoms with van der Waals surface area (Å²) in [4.78, 5) is 27.0. The maximum Gasteiger partial charge on any atom is 0.255 e. The van der Waals surface area contributed by atoms with Crippen LogP contribution >= 0.6 is 0 Å². The van der Waals surface area contributed by atoms with Crippen LogP contribution in [0.5, 0.6) is 0 Å². The third kappa shape index (κ3) is 4.56. The first-order valence-corrected chi connectivity index (χ1v) is 11.3. The number of carbonyl (C=O) groups excluding carboxylic acids is 1. The Balaban J connectivity index is 1.36. The zero-order valence-electron chi connectivity index (χ0n) is 18.8. The number of rotatable bonds is 7. The molecule has 9 nitrogen and oxygen atoms in total. The summed E-state index contributed by atoms with van der Waals surface area (Å²) >= 11 is 0. The van der Waals surface area contributed by atoms with E-state index in [1.807, 2.05) is 12.3 Å². The van der Waals surface area contributed by atoms with Crippen molar-refractivity contribution in [2.45, 2.75) is 19.3 Å². The molecule has 0 spiro atoms. The molecule has 1 amide bonds. The van der Waals surface area contributed by atoms with Gasteiger partial charge >= 0.3 is 0 Å². The summed E-state index contributed by atoms with van der Waals surface area (Å²) in [5.74, 6) is 0.614. The quantitative estimate of drug-likeness (QED) is 0.385. The molecule has 0 unspecified atom stereocenters. The van der Waals surface area contributed by atoms with Crippen LogP contribution in [-0.2, 0) is 0 Å². The zero-order valence-corrected chi connectivity index (χ0v) is 18.8. The lowest BCUT2D eigenvalue weighted by Gasteiger charge is -2.28. The minimum absolute atomic E-state index is 0.235. The van der Waals surface area contributed by atoms with Crippen LogP contribution in [-0.4, -0.2) is 75.0 Å². The summed E-state index contributed by atoms with van der Waals surface area (Å²) < 4.78 is 26.5. The maximum atomic E-state index is 12.5. The highest BCUT2D eigenvalue weighted by Gasteiger charge is 2.18. The van der Waals surface area contributed by atoms with E-state index in [9.17, 15) is 13.6 Å². The van der Waals surface area contributed by atoms with E-state index < -0.39 is 18.9 Å². The number of halogens is 2. The van der Waals surface area contributed by atoms with Gasteiger partial charge in [0.2, 0.25) is 5.95 Å². The fourth-order valence-electron chi connectivity index (χ4n) is 4.32. The first-order chi connectivity index (χ1) is 16.5. The Kier molecular flexibility index (Phi) is 6.10. The molecule has 5 rings (SSSR count). The number of aromatic amines is 1. The van der Waals surface area contributed by atoms with Crippen molar-refractivity contribution in [3.8, 4) is 11.1 Å². The van der Waals surface area contributed by atoms with E-state index in [4.69, 9.17) is 0 Å². The predicted octanol–water partition coefficient (Wildman–Crippen LogP) is 3.02. The summed E-state index contributed by atoms with van der Waals surface area (Å²) in [5, 5.41) is 10.6. The minimum atomic E-state index is -2.61. The number of likely N-dealkylation sites (tertiary alicyclic amines) is 1. The number of piperidine rings is 1. The second kappa shape index (κ2) is 9.34. The van der Waals surface area contributed by atoms with Gasteiger partial charge in [-0.25, -0.2) is 18.3 Å². The van der Waals surface area contributed by atoms with Crippen molar-refractivity contribution in [3.63, 3.8) is 0 Å². The number of anilines is 1. The minimum Gasteiger partial charge on any atom is -0.354 e. The molecule has 34 heavy (non-hydrogen) atoms. The molecule has 3 N–H and O–H groups in total.